The molecule has 154 valence electrons. The highest BCUT2D eigenvalue weighted by Crippen LogP contribution is 2.23. The van der Waals surface area contributed by atoms with E-state index in [-0.39, 0.29) is 0 Å². The Bertz CT molecular complexity index is 818. The molecule has 1 aliphatic heterocycles. The highest BCUT2D eigenvalue weighted by atomic mass is 16.5. The third-order valence-corrected chi connectivity index (χ3v) is 5.06. The Kier molecular flexibility index (Phi) is 6.69. The number of nitrogens with zero attached hydrogens (tertiary/aromatic N) is 2. The number of hydrogen-bond acceptors (Lipinski definition) is 5. The van der Waals surface area contributed by atoms with E-state index in [0.717, 1.165) is 11.3 Å². The van der Waals surface area contributed by atoms with Crippen molar-refractivity contribution in [3.63, 3.8) is 0 Å². The summed E-state index contributed by atoms with van der Waals surface area (Å²) in [5.41, 5.74) is 4.87. The molecule has 3 amide bonds. The van der Waals surface area contributed by atoms with Gasteiger partial charge in [0.2, 0.25) is 0 Å². The van der Waals surface area contributed by atoms with Gasteiger partial charge in [0, 0.05) is 31.9 Å². The number of hydrogen-bond donors (Lipinski definition) is 4. The van der Waals surface area contributed by atoms with Gasteiger partial charge in [-0.15, -0.1) is 0 Å². The Hall–Kier alpha value is -3.10. The summed E-state index contributed by atoms with van der Waals surface area (Å²) in [6.45, 7) is 3.66. The minimum Gasteiger partial charge on any atom is -0.391 e. The molecule has 0 unspecified atom stereocenters. The van der Waals surface area contributed by atoms with Crippen molar-refractivity contribution in [2.75, 3.05) is 31.1 Å². The number of carbonyl (C=O) groups excluding carboxylic acids is 2. The second kappa shape index (κ2) is 9.40. The number of anilines is 1. The van der Waals surface area contributed by atoms with Gasteiger partial charge in [0.1, 0.15) is 6.04 Å². The highest BCUT2D eigenvalue weighted by molar-refractivity contribution is 5.87. The van der Waals surface area contributed by atoms with Crippen LogP contribution in [0.2, 0.25) is 0 Å². The summed E-state index contributed by atoms with van der Waals surface area (Å²) in [4.78, 5) is 27.8. The molecule has 0 aliphatic carbocycles. The average molecular weight is 398 g/mol. The van der Waals surface area contributed by atoms with E-state index in [1.807, 2.05) is 18.2 Å². The summed E-state index contributed by atoms with van der Waals surface area (Å²) in [7, 11) is 0. The van der Waals surface area contributed by atoms with Crippen LogP contribution in [0.4, 0.5) is 10.5 Å². The van der Waals surface area contributed by atoms with Crippen LogP contribution in [0.1, 0.15) is 6.92 Å². The van der Waals surface area contributed by atoms with Crippen molar-refractivity contribution in [1.82, 2.24) is 15.7 Å². The summed E-state index contributed by atoms with van der Waals surface area (Å²) >= 11 is 0. The molecule has 29 heavy (non-hydrogen) atoms. The van der Waals surface area contributed by atoms with E-state index in [9.17, 15) is 14.7 Å². The maximum absolute atomic E-state index is 12.4. The number of rotatable bonds is 5. The number of carbonyl (C=O) groups is 2. The van der Waals surface area contributed by atoms with Gasteiger partial charge < -0.3 is 20.2 Å². The van der Waals surface area contributed by atoms with Crippen LogP contribution in [0.5, 0.6) is 0 Å². The summed E-state index contributed by atoms with van der Waals surface area (Å²) < 4.78 is 0. The summed E-state index contributed by atoms with van der Waals surface area (Å²) in [5.74, 6) is -0.856. The van der Waals surface area contributed by atoms with Crippen molar-refractivity contribution in [3.05, 3.63) is 54.6 Å². The Morgan fingerprint density at radius 1 is 0.931 bits per heavy atom. The smallest absolute Gasteiger partial charge is 0.318 e. The lowest BCUT2D eigenvalue weighted by molar-refractivity contribution is -0.133. The van der Waals surface area contributed by atoms with E-state index in [1.165, 1.54) is 18.0 Å². The lowest BCUT2D eigenvalue weighted by Gasteiger charge is -2.36. The van der Waals surface area contributed by atoms with Gasteiger partial charge in [0.15, 0.2) is 0 Å². The second-order valence-corrected chi connectivity index (χ2v) is 7.03. The maximum atomic E-state index is 12.4. The zero-order valence-electron chi connectivity index (χ0n) is 16.3. The molecule has 0 saturated carbocycles. The Labute approximate surface area is 169 Å². The minimum atomic E-state index is -1.21. The van der Waals surface area contributed by atoms with Crippen LogP contribution in [-0.2, 0) is 4.79 Å². The first kappa shape index (κ1) is 20.6. The van der Waals surface area contributed by atoms with Crippen molar-refractivity contribution in [1.29, 1.82) is 0 Å². The largest absolute Gasteiger partial charge is 0.391 e. The van der Waals surface area contributed by atoms with Crippen LogP contribution in [0, 0.1) is 0 Å². The molecule has 1 aliphatic rings. The van der Waals surface area contributed by atoms with Gasteiger partial charge in [-0.2, -0.15) is 0 Å². The summed E-state index contributed by atoms with van der Waals surface area (Å²) in [6, 6.07) is 16.8. The number of nitrogens with one attached hydrogen (secondary N) is 2. The standard InChI is InChI=1S/C21H26N4O4/c1-15(26)19(20(27)23-29)22-21(28)25-13-11-24(12-14-25)18-9-7-17(8-10-18)16-5-3-2-4-6-16/h2-10,15,19,26,29H,11-14H2,1H3,(H,22,28)(H,23,27)/t15-,19+/m1/s1. The van der Waals surface area contributed by atoms with Crippen molar-refractivity contribution in [2.24, 2.45) is 0 Å². The molecular formula is C21H26N4O4. The number of hydroxylamine groups is 1. The van der Waals surface area contributed by atoms with E-state index in [0.29, 0.717) is 26.2 Å². The van der Waals surface area contributed by atoms with Gasteiger partial charge in [0.05, 0.1) is 6.10 Å². The van der Waals surface area contributed by atoms with Crippen LogP contribution in [0.15, 0.2) is 54.6 Å². The van der Waals surface area contributed by atoms with Crippen LogP contribution < -0.4 is 15.7 Å². The molecule has 0 spiro atoms. The summed E-state index contributed by atoms with van der Waals surface area (Å²) in [5, 5.41) is 20.9. The van der Waals surface area contributed by atoms with Crippen LogP contribution in [-0.4, -0.2) is 65.5 Å². The van der Waals surface area contributed by atoms with Crippen molar-refractivity contribution < 1.29 is 19.9 Å². The number of amides is 3. The quantitative estimate of drug-likeness (QED) is 0.451. The molecule has 2 aromatic carbocycles. The fourth-order valence-corrected chi connectivity index (χ4v) is 3.36. The number of piperazine rings is 1. The van der Waals surface area contributed by atoms with Gasteiger partial charge in [-0.05, 0) is 30.2 Å². The summed E-state index contributed by atoms with van der Waals surface area (Å²) in [6.07, 6.45) is -1.13. The van der Waals surface area contributed by atoms with Gasteiger partial charge in [-0.1, -0.05) is 42.5 Å². The Morgan fingerprint density at radius 3 is 2.07 bits per heavy atom. The number of aliphatic hydroxyl groups is 1. The van der Waals surface area contributed by atoms with Crippen molar-refractivity contribution in [2.45, 2.75) is 19.1 Å². The zero-order chi connectivity index (χ0) is 20.8. The predicted octanol–water partition coefficient (Wildman–Crippen LogP) is 1.44. The molecule has 4 N–H and O–H groups in total. The average Bonchev–Trinajstić information content (AvgIpc) is 2.77. The fraction of sp³-hybridized carbons (Fsp3) is 0.333. The van der Waals surface area contributed by atoms with Gasteiger partial charge >= 0.3 is 6.03 Å². The van der Waals surface area contributed by atoms with Crippen LogP contribution >= 0.6 is 0 Å². The second-order valence-electron chi connectivity index (χ2n) is 7.03. The number of benzene rings is 2. The monoisotopic (exact) mass is 398 g/mol. The first-order valence-corrected chi connectivity index (χ1v) is 9.57. The molecule has 2 atom stereocenters. The lowest BCUT2D eigenvalue weighted by atomic mass is 10.1. The maximum Gasteiger partial charge on any atom is 0.318 e. The van der Waals surface area contributed by atoms with Crippen molar-refractivity contribution >= 4 is 17.6 Å². The minimum absolute atomic E-state index is 0.446. The zero-order valence-corrected chi connectivity index (χ0v) is 16.3. The highest BCUT2D eigenvalue weighted by Gasteiger charge is 2.29. The topological polar surface area (TPSA) is 105 Å². The van der Waals surface area contributed by atoms with E-state index in [4.69, 9.17) is 5.21 Å². The predicted molar refractivity (Wildman–Crippen MR) is 110 cm³/mol. The number of aliphatic hydroxyl groups excluding tert-OH is 1. The molecule has 3 rings (SSSR count). The molecule has 2 aromatic rings. The normalized spacial score (nSPS) is 16.1. The first-order valence-electron chi connectivity index (χ1n) is 9.57. The molecule has 1 fully saturated rings. The molecule has 8 heteroatoms. The lowest BCUT2D eigenvalue weighted by Crippen LogP contribution is -2.58. The molecule has 8 nitrogen and oxygen atoms in total. The molecule has 0 radical (unpaired) electrons. The Morgan fingerprint density at radius 2 is 1.52 bits per heavy atom. The van der Waals surface area contributed by atoms with Crippen LogP contribution in [0.25, 0.3) is 11.1 Å². The third kappa shape index (κ3) is 5.04. The van der Waals surface area contributed by atoms with Crippen LogP contribution in [0.3, 0.4) is 0 Å². The van der Waals surface area contributed by atoms with Gasteiger partial charge in [0.25, 0.3) is 5.91 Å². The van der Waals surface area contributed by atoms with Gasteiger partial charge in [-0.3, -0.25) is 10.0 Å². The van der Waals surface area contributed by atoms with Crippen molar-refractivity contribution in [3.8, 4) is 11.1 Å². The third-order valence-electron chi connectivity index (χ3n) is 5.06. The van der Waals surface area contributed by atoms with E-state index < -0.39 is 24.1 Å². The molecule has 1 saturated heterocycles. The Balaban J connectivity index is 1.56. The molecule has 0 aromatic heterocycles. The molecule has 0 bridgehead atoms. The van der Waals surface area contributed by atoms with E-state index >= 15 is 0 Å². The van der Waals surface area contributed by atoms with E-state index in [1.54, 1.807) is 4.90 Å². The van der Waals surface area contributed by atoms with E-state index in [2.05, 4.69) is 46.6 Å². The fourth-order valence-electron chi connectivity index (χ4n) is 3.36. The van der Waals surface area contributed by atoms with Gasteiger partial charge in [-0.25, -0.2) is 10.3 Å². The SMILES string of the molecule is C[C@@H](O)[C@H](NC(=O)N1CCN(c2ccc(-c3ccccc3)cc2)CC1)C(=O)NO. The molecule has 1 heterocycles. The number of urea groups is 1. The molecular weight excluding hydrogens is 372 g/mol. The first-order chi connectivity index (χ1) is 14.0.